The summed E-state index contributed by atoms with van der Waals surface area (Å²) in [6.45, 7) is 5.42. The summed E-state index contributed by atoms with van der Waals surface area (Å²) in [6, 6.07) is 13.4. The smallest absolute Gasteiger partial charge is 0.191 e. The molecule has 0 amide bonds. The summed E-state index contributed by atoms with van der Waals surface area (Å²) in [5, 5.41) is 10.9. The van der Waals surface area contributed by atoms with Crippen LogP contribution in [0.25, 0.3) is 11.4 Å². The van der Waals surface area contributed by atoms with Gasteiger partial charge < -0.3 is 9.30 Å². The molecule has 26 heavy (non-hydrogen) atoms. The summed E-state index contributed by atoms with van der Waals surface area (Å²) >= 11 is 13.8. The predicted octanol–water partition coefficient (Wildman–Crippen LogP) is 5.96. The molecular weight excluding hydrogens is 389 g/mol. The van der Waals surface area contributed by atoms with Gasteiger partial charge in [-0.05, 0) is 43.7 Å². The van der Waals surface area contributed by atoms with Crippen LogP contribution in [-0.4, -0.2) is 21.4 Å². The maximum absolute atomic E-state index is 6.27. The number of hydrogen-bond donors (Lipinski definition) is 0. The molecule has 0 radical (unpaired) electrons. The lowest BCUT2D eigenvalue weighted by molar-refractivity contribution is 0.341. The van der Waals surface area contributed by atoms with Gasteiger partial charge in [-0.15, -0.1) is 10.2 Å². The number of rotatable bonds is 7. The first kappa shape index (κ1) is 19.1. The minimum Gasteiger partial charge on any atom is -0.493 e. The van der Waals surface area contributed by atoms with Crippen molar-refractivity contribution in [1.82, 2.24) is 14.8 Å². The number of halogens is 2. The topological polar surface area (TPSA) is 39.9 Å². The van der Waals surface area contributed by atoms with Crippen LogP contribution in [0.1, 0.15) is 19.4 Å². The zero-order valence-corrected chi connectivity index (χ0v) is 16.9. The molecule has 1 heterocycles. The van der Waals surface area contributed by atoms with E-state index in [9.17, 15) is 0 Å². The van der Waals surface area contributed by atoms with Crippen LogP contribution in [0, 0.1) is 0 Å². The lowest BCUT2D eigenvalue weighted by Gasteiger charge is -2.11. The molecule has 0 fully saturated rings. The Morgan fingerprint density at radius 3 is 2.62 bits per heavy atom. The number of benzene rings is 2. The fourth-order valence-electron chi connectivity index (χ4n) is 2.59. The van der Waals surface area contributed by atoms with Gasteiger partial charge in [-0.1, -0.05) is 53.2 Å². The van der Waals surface area contributed by atoms with Crippen molar-refractivity contribution in [1.29, 1.82) is 0 Å². The molecule has 0 aliphatic carbocycles. The Bertz CT molecular complexity index is 898. The van der Waals surface area contributed by atoms with Gasteiger partial charge in [0.15, 0.2) is 11.0 Å². The highest BCUT2D eigenvalue weighted by atomic mass is 35.5. The Kier molecular flexibility index (Phi) is 6.46. The second-order valence-corrected chi connectivity index (χ2v) is 7.29. The third-order valence-corrected chi connectivity index (χ3v) is 5.44. The van der Waals surface area contributed by atoms with E-state index in [0.717, 1.165) is 34.4 Å². The Morgan fingerprint density at radius 1 is 1.08 bits per heavy atom. The molecule has 4 nitrogen and oxygen atoms in total. The quantitative estimate of drug-likeness (QED) is 0.452. The van der Waals surface area contributed by atoms with E-state index >= 15 is 0 Å². The second-order valence-electron chi connectivity index (χ2n) is 5.50. The lowest BCUT2D eigenvalue weighted by atomic mass is 10.2. The number of hydrogen-bond acceptors (Lipinski definition) is 4. The van der Waals surface area contributed by atoms with E-state index in [4.69, 9.17) is 27.9 Å². The summed E-state index contributed by atoms with van der Waals surface area (Å²) in [5.41, 5.74) is 1.96. The molecule has 0 bridgehead atoms. The normalized spacial score (nSPS) is 10.9. The standard InChI is InChI=1S/C19H19Cl2N3OS/c1-3-24-18(15-7-5-6-8-17(15)25-4-2)22-23-19(24)26-12-13-9-10-14(20)11-16(13)21/h5-11H,3-4,12H2,1-2H3. The third-order valence-electron chi connectivity index (χ3n) is 3.83. The van der Waals surface area contributed by atoms with Crippen molar-refractivity contribution in [2.75, 3.05) is 6.61 Å². The average molecular weight is 408 g/mol. The highest BCUT2D eigenvalue weighted by molar-refractivity contribution is 7.98. The van der Waals surface area contributed by atoms with E-state index in [-0.39, 0.29) is 0 Å². The zero-order valence-electron chi connectivity index (χ0n) is 14.6. The summed E-state index contributed by atoms with van der Waals surface area (Å²) < 4.78 is 7.83. The number of para-hydroxylation sites is 1. The highest BCUT2D eigenvalue weighted by Crippen LogP contribution is 2.33. The first-order valence-electron chi connectivity index (χ1n) is 8.36. The molecule has 3 rings (SSSR count). The Labute approximate surface area is 167 Å². The molecule has 0 spiro atoms. The summed E-state index contributed by atoms with van der Waals surface area (Å²) in [4.78, 5) is 0. The Morgan fingerprint density at radius 2 is 1.88 bits per heavy atom. The summed E-state index contributed by atoms with van der Waals surface area (Å²) in [5.74, 6) is 2.32. The molecule has 7 heteroatoms. The largest absolute Gasteiger partial charge is 0.493 e. The summed E-state index contributed by atoms with van der Waals surface area (Å²) in [7, 11) is 0. The first-order chi connectivity index (χ1) is 12.6. The maximum atomic E-state index is 6.27. The number of ether oxygens (including phenoxy) is 1. The van der Waals surface area contributed by atoms with E-state index in [1.54, 1.807) is 17.8 Å². The molecule has 0 aliphatic rings. The van der Waals surface area contributed by atoms with Crippen LogP contribution in [0.3, 0.4) is 0 Å². The molecule has 0 atom stereocenters. The van der Waals surface area contributed by atoms with Crippen molar-refractivity contribution in [3.05, 3.63) is 58.1 Å². The van der Waals surface area contributed by atoms with E-state index in [2.05, 4.69) is 21.7 Å². The fourth-order valence-corrected chi connectivity index (χ4v) is 4.15. The average Bonchev–Trinajstić information content (AvgIpc) is 3.04. The van der Waals surface area contributed by atoms with Crippen molar-refractivity contribution < 1.29 is 4.74 Å². The first-order valence-corrected chi connectivity index (χ1v) is 10.1. The predicted molar refractivity (Wildman–Crippen MR) is 108 cm³/mol. The van der Waals surface area contributed by atoms with Crippen LogP contribution >= 0.6 is 35.0 Å². The van der Waals surface area contributed by atoms with Gasteiger partial charge in [-0.3, -0.25) is 0 Å². The number of nitrogens with zero attached hydrogens (tertiary/aromatic N) is 3. The second kappa shape index (κ2) is 8.80. The Balaban J connectivity index is 1.87. The van der Waals surface area contributed by atoms with Gasteiger partial charge >= 0.3 is 0 Å². The number of thioether (sulfide) groups is 1. The van der Waals surface area contributed by atoms with Crippen molar-refractivity contribution in [2.24, 2.45) is 0 Å². The minimum atomic E-state index is 0.605. The van der Waals surface area contributed by atoms with Gasteiger partial charge in [0.05, 0.1) is 12.2 Å². The zero-order chi connectivity index (χ0) is 18.5. The van der Waals surface area contributed by atoms with Crippen LogP contribution in [0.2, 0.25) is 10.0 Å². The molecule has 0 unspecified atom stereocenters. The van der Waals surface area contributed by atoms with Crippen LogP contribution in [0.15, 0.2) is 47.6 Å². The Hall–Kier alpha value is -1.69. The highest BCUT2D eigenvalue weighted by Gasteiger charge is 2.17. The van der Waals surface area contributed by atoms with E-state index in [1.807, 2.05) is 43.3 Å². The van der Waals surface area contributed by atoms with Crippen molar-refractivity contribution >= 4 is 35.0 Å². The molecule has 0 aliphatic heterocycles. The van der Waals surface area contributed by atoms with Gasteiger partial charge in [0, 0.05) is 22.3 Å². The lowest BCUT2D eigenvalue weighted by Crippen LogP contribution is -2.02. The van der Waals surface area contributed by atoms with Crippen LogP contribution < -0.4 is 4.74 Å². The SMILES string of the molecule is CCOc1ccccc1-c1nnc(SCc2ccc(Cl)cc2Cl)n1CC. The van der Waals surface area contributed by atoms with Crippen molar-refractivity contribution in [2.45, 2.75) is 31.3 Å². The molecule has 3 aromatic rings. The maximum Gasteiger partial charge on any atom is 0.191 e. The van der Waals surface area contributed by atoms with Gasteiger partial charge in [-0.2, -0.15) is 0 Å². The monoisotopic (exact) mass is 407 g/mol. The van der Waals surface area contributed by atoms with Crippen molar-refractivity contribution in [3.8, 4) is 17.1 Å². The van der Waals surface area contributed by atoms with E-state index in [0.29, 0.717) is 22.4 Å². The van der Waals surface area contributed by atoms with Gasteiger partial charge in [0.1, 0.15) is 5.75 Å². The third kappa shape index (κ3) is 4.17. The number of aromatic nitrogens is 3. The van der Waals surface area contributed by atoms with Gasteiger partial charge in [0.25, 0.3) is 0 Å². The van der Waals surface area contributed by atoms with Crippen LogP contribution in [-0.2, 0) is 12.3 Å². The van der Waals surface area contributed by atoms with E-state index < -0.39 is 0 Å². The minimum absolute atomic E-state index is 0.605. The fraction of sp³-hybridized carbons (Fsp3) is 0.263. The van der Waals surface area contributed by atoms with E-state index in [1.165, 1.54) is 0 Å². The van der Waals surface area contributed by atoms with Crippen LogP contribution in [0.4, 0.5) is 0 Å². The molecule has 0 N–H and O–H groups in total. The molecular formula is C19H19Cl2N3OS. The molecule has 0 saturated heterocycles. The van der Waals surface area contributed by atoms with Gasteiger partial charge in [-0.25, -0.2) is 0 Å². The van der Waals surface area contributed by atoms with Crippen LogP contribution in [0.5, 0.6) is 5.75 Å². The van der Waals surface area contributed by atoms with Crippen molar-refractivity contribution in [3.63, 3.8) is 0 Å². The molecule has 136 valence electrons. The molecule has 2 aromatic carbocycles. The summed E-state index contributed by atoms with van der Waals surface area (Å²) in [6.07, 6.45) is 0. The molecule has 1 aromatic heterocycles. The van der Waals surface area contributed by atoms with Gasteiger partial charge in [0.2, 0.25) is 0 Å². The molecule has 0 saturated carbocycles.